The first-order chi connectivity index (χ1) is 9.25. The molecule has 0 unspecified atom stereocenters. The highest BCUT2D eigenvalue weighted by Crippen LogP contribution is 2.39. The topological polar surface area (TPSA) is 62.7 Å². The second kappa shape index (κ2) is 5.14. The SMILES string of the molecule is CON(C)C(=O)N(C)c1nc2c(s1)C(=O)CC(C)(C)C2. The van der Waals surface area contributed by atoms with Crippen LogP contribution in [0.2, 0.25) is 0 Å². The quantitative estimate of drug-likeness (QED) is 0.786. The van der Waals surface area contributed by atoms with Crippen LogP contribution in [0.4, 0.5) is 9.93 Å². The third-order valence-electron chi connectivity index (χ3n) is 3.34. The maximum atomic E-state index is 12.1. The van der Waals surface area contributed by atoms with Crippen LogP contribution >= 0.6 is 11.3 Å². The molecule has 2 rings (SSSR count). The van der Waals surface area contributed by atoms with Crippen molar-refractivity contribution in [2.75, 3.05) is 26.1 Å². The molecule has 0 saturated heterocycles. The summed E-state index contributed by atoms with van der Waals surface area (Å²) in [6.07, 6.45) is 1.28. The van der Waals surface area contributed by atoms with Gasteiger partial charge >= 0.3 is 6.03 Å². The van der Waals surface area contributed by atoms with Gasteiger partial charge in [-0.1, -0.05) is 25.2 Å². The zero-order chi connectivity index (χ0) is 15.1. The lowest BCUT2D eigenvalue weighted by Gasteiger charge is -2.26. The highest BCUT2D eigenvalue weighted by molar-refractivity contribution is 7.17. The first-order valence-electron chi connectivity index (χ1n) is 6.33. The van der Waals surface area contributed by atoms with Crippen molar-refractivity contribution in [2.45, 2.75) is 26.7 Å². The van der Waals surface area contributed by atoms with E-state index >= 15 is 0 Å². The van der Waals surface area contributed by atoms with Crippen molar-refractivity contribution in [1.82, 2.24) is 10.0 Å². The van der Waals surface area contributed by atoms with E-state index in [0.29, 0.717) is 16.4 Å². The van der Waals surface area contributed by atoms with E-state index in [1.54, 1.807) is 7.05 Å². The van der Waals surface area contributed by atoms with E-state index in [1.165, 1.54) is 30.4 Å². The van der Waals surface area contributed by atoms with E-state index in [-0.39, 0.29) is 17.2 Å². The Hall–Kier alpha value is -1.47. The molecule has 1 aliphatic carbocycles. The number of carbonyl (C=O) groups is 2. The van der Waals surface area contributed by atoms with E-state index in [4.69, 9.17) is 4.84 Å². The minimum atomic E-state index is -0.328. The fourth-order valence-electron chi connectivity index (χ4n) is 2.22. The van der Waals surface area contributed by atoms with Gasteiger partial charge < -0.3 is 0 Å². The molecule has 7 heteroatoms. The summed E-state index contributed by atoms with van der Waals surface area (Å²) < 4.78 is 0. The van der Waals surface area contributed by atoms with Gasteiger partial charge in [-0.15, -0.1) is 0 Å². The van der Waals surface area contributed by atoms with E-state index in [1.807, 2.05) is 0 Å². The molecule has 6 nitrogen and oxygen atoms in total. The molecule has 1 heterocycles. The number of anilines is 1. The number of carbonyl (C=O) groups excluding carboxylic acids is 2. The number of aromatic nitrogens is 1. The van der Waals surface area contributed by atoms with E-state index in [9.17, 15) is 9.59 Å². The number of hydrogen-bond acceptors (Lipinski definition) is 5. The molecule has 2 amide bonds. The number of thiazole rings is 1. The van der Waals surface area contributed by atoms with Gasteiger partial charge in [-0.2, -0.15) is 0 Å². The number of hydroxylamine groups is 2. The van der Waals surface area contributed by atoms with E-state index < -0.39 is 0 Å². The molecule has 1 aromatic heterocycles. The number of rotatable bonds is 2. The van der Waals surface area contributed by atoms with Crippen LogP contribution < -0.4 is 4.90 Å². The molecule has 0 spiro atoms. The van der Waals surface area contributed by atoms with E-state index in [0.717, 1.165) is 17.2 Å². The molecular weight excluding hydrogens is 278 g/mol. The van der Waals surface area contributed by atoms with Crippen LogP contribution in [-0.4, -0.2) is 43.1 Å². The predicted molar refractivity (Wildman–Crippen MR) is 77.1 cm³/mol. The number of fused-ring (bicyclic) bond motifs is 1. The molecule has 0 aromatic carbocycles. The molecule has 0 atom stereocenters. The molecule has 0 aliphatic heterocycles. The zero-order valence-electron chi connectivity index (χ0n) is 12.4. The van der Waals surface area contributed by atoms with Crippen molar-refractivity contribution >= 4 is 28.3 Å². The average Bonchev–Trinajstić information content (AvgIpc) is 2.78. The van der Waals surface area contributed by atoms with Crippen LogP contribution in [0.5, 0.6) is 0 Å². The lowest BCUT2D eigenvalue weighted by atomic mass is 9.78. The fraction of sp³-hybridized carbons (Fsp3) is 0.615. The summed E-state index contributed by atoms with van der Waals surface area (Å²) in [5, 5.41) is 1.64. The monoisotopic (exact) mass is 297 g/mol. The zero-order valence-corrected chi connectivity index (χ0v) is 13.2. The van der Waals surface area contributed by atoms with Gasteiger partial charge in [0.05, 0.1) is 17.7 Å². The van der Waals surface area contributed by atoms with Crippen LogP contribution in [0.15, 0.2) is 0 Å². The third kappa shape index (κ3) is 2.69. The number of Topliss-reactive ketones (excluding diaryl/α,β-unsaturated/α-hetero) is 1. The fourth-order valence-corrected chi connectivity index (χ4v) is 3.20. The molecule has 0 N–H and O–H groups in total. The Morgan fingerprint density at radius 3 is 2.60 bits per heavy atom. The van der Waals surface area contributed by atoms with Crippen molar-refractivity contribution in [2.24, 2.45) is 5.41 Å². The Balaban J connectivity index is 2.29. The lowest BCUT2D eigenvalue weighted by Crippen LogP contribution is -2.38. The predicted octanol–water partition coefficient (Wildman–Crippen LogP) is 2.35. The largest absolute Gasteiger partial charge is 0.349 e. The molecule has 0 fully saturated rings. The number of amides is 2. The third-order valence-corrected chi connectivity index (χ3v) is 4.56. The summed E-state index contributed by atoms with van der Waals surface area (Å²) in [7, 11) is 4.57. The van der Waals surface area contributed by atoms with Gasteiger partial charge in [0.2, 0.25) is 0 Å². The molecule has 110 valence electrons. The van der Waals surface area contributed by atoms with Crippen molar-refractivity contribution in [1.29, 1.82) is 0 Å². The molecule has 1 aromatic rings. The maximum Gasteiger partial charge on any atom is 0.349 e. The summed E-state index contributed by atoms with van der Waals surface area (Å²) in [6, 6.07) is -0.328. The minimum absolute atomic E-state index is 0.0681. The van der Waals surface area contributed by atoms with Crippen LogP contribution in [-0.2, 0) is 11.3 Å². The summed E-state index contributed by atoms with van der Waals surface area (Å²) in [5.41, 5.74) is 0.729. The van der Waals surface area contributed by atoms with Gasteiger partial charge in [0, 0.05) is 20.5 Å². The minimum Gasteiger partial charge on any atom is -0.293 e. The second-order valence-electron chi connectivity index (χ2n) is 5.73. The summed E-state index contributed by atoms with van der Waals surface area (Å²) in [6.45, 7) is 4.11. The second-order valence-corrected chi connectivity index (χ2v) is 6.71. The summed E-state index contributed by atoms with van der Waals surface area (Å²) >= 11 is 1.27. The Morgan fingerprint density at radius 2 is 2.00 bits per heavy atom. The van der Waals surface area contributed by atoms with Gasteiger partial charge in [0.1, 0.15) is 0 Å². The number of hydrogen-bond donors (Lipinski definition) is 0. The first-order valence-corrected chi connectivity index (χ1v) is 7.15. The first kappa shape index (κ1) is 14.9. The van der Waals surface area contributed by atoms with Crippen molar-refractivity contribution in [3.63, 3.8) is 0 Å². The standard InChI is InChI=1S/C13H19N3O3S/c1-13(2)6-8-10(9(17)7-13)20-11(14-8)15(3)12(18)16(4)19-5/h6-7H2,1-5H3. The van der Waals surface area contributed by atoms with Gasteiger partial charge in [-0.25, -0.2) is 14.8 Å². The molecule has 0 bridgehead atoms. The van der Waals surface area contributed by atoms with Crippen molar-refractivity contribution < 1.29 is 14.4 Å². The molecule has 0 saturated carbocycles. The van der Waals surface area contributed by atoms with E-state index in [2.05, 4.69) is 18.8 Å². The Morgan fingerprint density at radius 1 is 1.35 bits per heavy atom. The Kier molecular flexibility index (Phi) is 3.84. The van der Waals surface area contributed by atoms with Crippen LogP contribution in [0, 0.1) is 5.41 Å². The Bertz CT molecular complexity index is 553. The number of nitrogens with zero attached hydrogens (tertiary/aromatic N) is 3. The molecule has 1 aliphatic rings. The molecule has 0 radical (unpaired) electrons. The number of urea groups is 1. The molecular formula is C13H19N3O3S. The van der Waals surface area contributed by atoms with Crippen LogP contribution in [0.3, 0.4) is 0 Å². The van der Waals surface area contributed by atoms with Crippen LogP contribution in [0.1, 0.15) is 35.6 Å². The smallest absolute Gasteiger partial charge is 0.293 e. The lowest BCUT2D eigenvalue weighted by molar-refractivity contribution is -0.0618. The summed E-state index contributed by atoms with van der Waals surface area (Å²) in [4.78, 5) is 35.5. The van der Waals surface area contributed by atoms with Gasteiger partial charge in [-0.05, 0) is 11.8 Å². The highest BCUT2D eigenvalue weighted by atomic mass is 32.1. The Labute approximate surface area is 122 Å². The average molecular weight is 297 g/mol. The van der Waals surface area contributed by atoms with Crippen molar-refractivity contribution in [3.05, 3.63) is 10.6 Å². The number of ketones is 1. The highest BCUT2D eigenvalue weighted by Gasteiger charge is 2.35. The van der Waals surface area contributed by atoms with Gasteiger partial charge in [0.25, 0.3) is 0 Å². The summed E-state index contributed by atoms with van der Waals surface area (Å²) in [5.74, 6) is 0.112. The van der Waals surface area contributed by atoms with Crippen molar-refractivity contribution in [3.8, 4) is 0 Å². The molecule has 20 heavy (non-hydrogen) atoms. The van der Waals surface area contributed by atoms with Gasteiger partial charge in [-0.3, -0.25) is 14.5 Å². The maximum absolute atomic E-state index is 12.1. The normalized spacial score (nSPS) is 16.8. The van der Waals surface area contributed by atoms with Gasteiger partial charge in [0.15, 0.2) is 10.9 Å². The van der Waals surface area contributed by atoms with Crippen LogP contribution in [0.25, 0.3) is 0 Å².